The molecule has 0 spiro atoms. The van der Waals surface area contributed by atoms with Crippen LogP contribution in [-0.4, -0.2) is 12.5 Å². The third kappa shape index (κ3) is 5.04. The molecule has 0 radical (unpaired) electrons. The van der Waals surface area contributed by atoms with Crippen LogP contribution in [0.2, 0.25) is 0 Å². The summed E-state index contributed by atoms with van der Waals surface area (Å²) in [6.45, 7) is 4.10. The van der Waals surface area contributed by atoms with Crippen LogP contribution in [0.4, 0.5) is 0 Å². The van der Waals surface area contributed by atoms with Gasteiger partial charge in [-0.15, -0.1) is 12.6 Å². The summed E-state index contributed by atoms with van der Waals surface area (Å²) in [6.07, 6.45) is 0.383. The van der Waals surface area contributed by atoms with Crippen molar-refractivity contribution in [3.63, 3.8) is 0 Å². The maximum absolute atomic E-state index is 11.4. The van der Waals surface area contributed by atoms with Crippen LogP contribution in [0, 0.1) is 0 Å². The Balaban J connectivity index is 2.44. The third-order valence-corrected chi connectivity index (χ3v) is 2.36. The second-order valence-corrected chi connectivity index (χ2v) is 4.78. The standard InChI is InChI=1S/C11H12BrNOS/c1-8(12)7-13-11(14)6-9-2-4-10(15)5-3-9/h2-5,15H,1,6-7H2,(H,13,14). The van der Waals surface area contributed by atoms with E-state index in [0.717, 1.165) is 14.9 Å². The van der Waals surface area contributed by atoms with Gasteiger partial charge in [-0.1, -0.05) is 34.6 Å². The first-order valence-electron chi connectivity index (χ1n) is 4.46. The normalized spacial score (nSPS) is 9.73. The van der Waals surface area contributed by atoms with Crippen LogP contribution in [0.25, 0.3) is 0 Å². The molecule has 0 atom stereocenters. The monoisotopic (exact) mass is 285 g/mol. The minimum absolute atomic E-state index is 0.0116. The van der Waals surface area contributed by atoms with Gasteiger partial charge < -0.3 is 5.32 Å². The molecule has 0 bridgehead atoms. The van der Waals surface area contributed by atoms with Crippen molar-refractivity contribution >= 4 is 34.5 Å². The van der Waals surface area contributed by atoms with Crippen molar-refractivity contribution in [2.45, 2.75) is 11.3 Å². The molecule has 1 N–H and O–H groups in total. The Morgan fingerprint density at radius 2 is 2.00 bits per heavy atom. The molecule has 0 aliphatic heterocycles. The number of thiol groups is 1. The van der Waals surface area contributed by atoms with Crippen molar-refractivity contribution in [2.24, 2.45) is 0 Å². The topological polar surface area (TPSA) is 29.1 Å². The van der Waals surface area contributed by atoms with Gasteiger partial charge >= 0.3 is 0 Å². The van der Waals surface area contributed by atoms with Gasteiger partial charge in [-0.25, -0.2) is 0 Å². The van der Waals surface area contributed by atoms with E-state index in [2.05, 4.69) is 40.5 Å². The maximum Gasteiger partial charge on any atom is 0.224 e. The number of benzene rings is 1. The SMILES string of the molecule is C=C(Br)CNC(=O)Cc1ccc(S)cc1. The molecule has 0 aliphatic carbocycles. The fourth-order valence-electron chi connectivity index (χ4n) is 1.06. The van der Waals surface area contributed by atoms with Crippen LogP contribution in [0.15, 0.2) is 40.2 Å². The molecule has 0 aromatic heterocycles. The highest BCUT2D eigenvalue weighted by Gasteiger charge is 2.02. The first-order chi connectivity index (χ1) is 7.08. The lowest BCUT2D eigenvalue weighted by atomic mass is 10.1. The summed E-state index contributed by atoms with van der Waals surface area (Å²) in [5.41, 5.74) is 0.977. The second-order valence-electron chi connectivity index (χ2n) is 3.14. The Morgan fingerprint density at radius 1 is 1.40 bits per heavy atom. The summed E-state index contributed by atoms with van der Waals surface area (Å²) in [4.78, 5) is 12.3. The molecule has 0 saturated carbocycles. The molecule has 0 aliphatic rings. The van der Waals surface area contributed by atoms with Gasteiger partial charge in [-0.2, -0.15) is 0 Å². The molecule has 4 heteroatoms. The van der Waals surface area contributed by atoms with Gasteiger partial charge in [0.2, 0.25) is 5.91 Å². The smallest absolute Gasteiger partial charge is 0.224 e. The lowest BCUT2D eigenvalue weighted by Crippen LogP contribution is -2.25. The van der Waals surface area contributed by atoms with Crippen LogP contribution in [0.1, 0.15) is 5.56 Å². The van der Waals surface area contributed by atoms with Crippen molar-refractivity contribution in [3.05, 3.63) is 40.9 Å². The van der Waals surface area contributed by atoms with Crippen LogP contribution in [0.3, 0.4) is 0 Å². The Hall–Kier alpha value is -0.740. The van der Waals surface area contributed by atoms with Gasteiger partial charge in [0.25, 0.3) is 0 Å². The highest BCUT2D eigenvalue weighted by Crippen LogP contribution is 2.08. The Labute approximate surface area is 103 Å². The van der Waals surface area contributed by atoms with E-state index in [0.29, 0.717) is 13.0 Å². The molecular formula is C11H12BrNOS. The van der Waals surface area contributed by atoms with Crippen LogP contribution >= 0.6 is 28.6 Å². The van der Waals surface area contributed by atoms with Gasteiger partial charge in [0.05, 0.1) is 6.42 Å². The summed E-state index contributed by atoms with van der Waals surface area (Å²) in [5, 5.41) is 2.74. The van der Waals surface area contributed by atoms with E-state index in [1.54, 1.807) is 0 Å². The van der Waals surface area contributed by atoms with Crippen molar-refractivity contribution < 1.29 is 4.79 Å². The van der Waals surface area contributed by atoms with Gasteiger partial charge in [-0.05, 0) is 17.7 Å². The molecule has 0 saturated heterocycles. The molecule has 15 heavy (non-hydrogen) atoms. The summed E-state index contributed by atoms with van der Waals surface area (Å²) in [6, 6.07) is 7.53. The minimum Gasteiger partial charge on any atom is -0.351 e. The fraction of sp³-hybridized carbons (Fsp3) is 0.182. The van der Waals surface area contributed by atoms with Crippen molar-refractivity contribution in [1.82, 2.24) is 5.32 Å². The van der Waals surface area contributed by atoms with Crippen molar-refractivity contribution in [2.75, 3.05) is 6.54 Å². The molecule has 0 heterocycles. The van der Waals surface area contributed by atoms with Crippen LogP contribution < -0.4 is 5.32 Å². The summed E-state index contributed by atoms with van der Waals surface area (Å²) in [7, 11) is 0. The molecular weight excluding hydrogens is 274 g/mol. The van der Waals surface area contributed by atoms with Crippen LogP contribution in [-0.2, 0) is 11.2 Å². The predicted octanol–water partition coefficient (Wildman–Crippen LogP) is 2.54. The van der Waals surface area contributed by atoms with E-state index < -0.39 is 0 Å². The van der Waals surface area contributed by atoms with E-state index in [-0.39, 0.29) is 5.91 Å². The largest absolute Gasteiger partial charge is 0.351 e. The number of hydrogen-bond acceptors (Lipinski definition) is 2. The lowest BCUT2D eigenvalue weighted by Gasteiger charge is -2.04. The molecule has 2 nitrogen and oxygen atoms in total. The van der Waals surface area contributed by atoms with Gasteiger partial charge in [0.1, 0.15) is 0 Å². The average Bonchev–Trinajstić information content (AvgIpc) is 2.19. The number of amides is 1. The van der Waals surface area contributed by atoms with E-state index in [1.807, 2.05) is 24.3 Å². The van der Waals surface area contributed by atoms with Crippen molar-refractivity contribution in [1.29, 1.82) is 0 Å². The molecule has 1 aromatic carbocycles. The van der Waals surface area contributed by atoms with Crippen LogP contribution in [0.5, 0.6) is 0 Å². The van der Waals surface area contributed by atoms with E-state index >= 15 is 0 Å². The highest BCUT2D eigenvalue weighted by atomic mass is 79.9. The Kier molecular flexibility index (Phi) is 4.91. The lowest BCUT2D eigenvalue weighted by molar-refractivity contribution is -0.120. The number of rotatable bonds is 4. The van der Waals surface area contributed by atoms with Gasteiger partial charge in [-0.3, -0.25) is 4.79 Å². The molecule has 1 amide bonds. The summed E-state index contributed by atoms with van der Waals surface area (Å²) in [5.74, 6) is -0.0116. The first kappa shape index (κ1) is 12.3. The predicted molar refractivity (Wildman–Crippen MR) is 68.5 cm³/mol. The van der Waals surface area contributed by atoms with Gasteiger partial charge in [0.15, 0.2) is 0 Å². The zero-order valence-corrected chi connectivity index (χ0v) is 10.6. The maximum atomic E-state index is 11.4. The molecule has 0 unspecified atom stereocenters. The Bertz CT molecular complexity index is 361. The van der Waals surface area contributed by atoms with E-state index in [1.165, 1.54) is 0 Å². The highest BCUT2D eigenvalue weighted by molar-refractivity contribution is 9.11. The van der Waals surface area contributed by atoms with Gasteiger partial charge in [0, 0.05) is 15.9 Å². The number of hydrogen-bond donors (Lipinski definition) is 2. The zero-order chi connectivity index (χ0) is 11.3. The second kappa shape index (κ2) is 5.98. The average molecular weight is 286 g/mol. The summed E-state index contributed by atoms with van der Waals surface area (Å²) < 4.78 is 0.765. The number of carbonyl (C=O) groups is 1. The minimum atomic E-state index is -0.0116. The number of nitrogens with one attached hydrogen (secondary N) is 1. The molecule has 1 aromatic rings. The number of halogens is 1. The number of carbonyl (C=O) groups excluding carboxylic acids is 1. The first-order valence-corrected chi connectivity index (χ1v) is 5.70. The summed E-state index contributed by atoms with van der Waals surface area (Å²) >= 11 is 7.35. The van der Waals surface area contributed by atoms with E-state index in [9.17, 15) is 4.79 Å². The third-order valence-electron chi connectivity index (χ3n) is 1.78. The molecule has 1 rings (SSSR count). The van der Waals surface area contributed by atoms with Crippen molar-refractivity contribution in [3.8, 4) is 0 Å². The quantitative estimate of drug-likeness (QED) is 0.818. The molecule has 0 fully saturated rings. The molecule has 80 valence electrons. The fourth-order valence-corrected chi connectivity index (χ4v) is 1.35. The van der Waals surface area contributed by atoms with E-state index in [4.69, 9.17) is 0 Å². The Morgan fingerprint density at radius 3 is 2.53 bits per heavy atom. The zero-order valence-electron chi connectivity index (χ0n) is 8.16.